The third-order valence-electron chi connectivity index (χ3n) is 6.89. The van der Waals surface area contributed by atoms with Crippen LogP contribution in [-0.2, 0) is 4.79 Å². The first-order chi connectivity index (χ1) is 22.9. The Labute approximate surface area is 294 Å². The number of fused-ring (bicyclic) bond motifs is 1. The molecule has 2 aromatic carbocycles. The lowest BCUT2D eigenvalue weighted by atomic mass is 10.1. The second-order valence-electron chi connectivity index (χ2n) is 10.6. The van der Waals surface area contributed by atoms with Gasteiger partial charge in [-0.25, -0.2) is 19.2 Å². The normalized spacial score (nSPS) is 9.68. The molecule has 0 aliphatic heterocycles. The zero-order valence-corrected chi connectivity index (χ0v) is 27.7. The van der Waals surface area contributed by atoms with Crippen molar-refractivity contribution in [2.75, 3.05) is 43.7 Å². The lowest BCUT2D eigenvalue weighted by molar-refractivity contribution is -0.116. The van der Waals surface area contributed by atoms with Gasteiger partial charge in [-0.3, -0.25) is 14.7 Å². The van der Waals surface area contributed by atoms with Gasteiger partial charge < -0.3 is 20.4 Å². The number of nitrogens with two attached hydrogens (primary N) is 1. The van der Waals surface area contributed by atoms with E-state index >= 15 is 0 Å². The Hall–Kier alpha value is -6.73. The second kappa shape index (κ2) is 19.2. The van der Waals surface area contributed by atoms with Crippen molar-refractivity contribution < 1.29 is 9.59 Å². The molecule has 1 amide bonds. The van der Waals surface area contributed by atoms with Gasteiger partial charge in [-0.2, -0.15) is 10.2 Å². The number of amides is 1. The van der Waals surface area contributed by atoms with Crippen LogP contribution in [0.5, 0.6) is 0 Å². The lowest BCUT2D eigenvalue weighted by Gasteiger charge is -2.19. The Kier molecular flexibility index (Phi) is 15.8. The molecule has 5 rings (SSSR count). The number of ketones is 1. The molecular formula is C37H45N11O2. The number of nitrogens with zero attached hydrogens (tertiary/aromatic N) is 9. The lowest BCUT2D eigenvalue weighted by Crippen LogP contribution is -2.22. The first-order valence-corrected chi connectivity index (χ1v) is 14.5. The predicted molar refractivity (Wildman–Crippen MR) is 203 cm³/mol. The molecule has 0 saturated carbocycles. The van der Waals surface area contributed by atoms with E-state index in [9.17, 15) is 9.59 Å². The zero-order valence-electron chi connectivity index (χ0n) is 27.7. The first kappa shape index (κ1) is 41.3. The number of benzene rings is 2. The van der Waals surface area contributed by atoms with E-state index in [1.807, 2.05) is 57.2 Å². The number of H-pyrrole nitrogens is 1. The highest BCUT2D eigenvalue weighted by Gasteiger charge is 2.12. The van der Waals surface area contributed by atoms with Gasteiger partial charge in [0.05, 0.1) is 31.2 Å². The summed E-state index contributed by atoms with van der Waals surface area (Å²) in [6, 6.07) is 17.0. The molecule has 0 aliphatic rings. The highest BCUT2D eigenvalue weighted by Crippen LogP contribution is 2.28. The molecule has 13 nitrogen and oxygen atoms in total. The number of carbonyl (C=O) groups excluding carboxylic acids is 2. The molecule has 3 aromatic heterocycles. The summed E-state index contributed by atoms with van der Waals surface area (Å²) in [5, 5.41) is 10.2. The maximum absolute atomic E-state index is 11.9. The molecule has 0 fully saturated rings. The third-order valence-corrected chi connectivity index (χ3v) is 6.89. The highest BCUT2D eigenvalue weighted by molar-refractivity contribution is 6.05. The van der Waals surface area contributed by atoms with Gasteiger partial charge in [0.15, 0.2) is 11.4 Å². The Balaban J connectivity index is 0.000000403. The van der Waals surface area contributed by atoms with E-state index in [4.69, 9.17) is 18.9 Å². The maximum Gasteiger partial charge on any atom is 0.250 e. The summed E-state index contributed by atoms with van der Waals surface area (Å²) in [5.74, 6) is 0.186. The van der Waals surface area contributed by atoms with Crippen LogP contribution in [0, 0.1) is 13.1 Å². The van der Waals surface area contributed by atoms with Crippen molar-refractivity contribution in [2.45, 2.75) is 28.7 Å². The minimum Gasteiger partial charge on any atom is -0.393 e. The molecule has 3 heterocycles. The van der Waals surface area contributed by atoms with Gasteiger partial charge in [-0.15, -0.1) is 0 Å². The molecule has 0 bridgehead atoms. The number of aromatic nitrogens is 5. The van der Waals surface area contributed by atoms with Crippen molar-refractivity contribution in [3.8, 4) is 11.3 Å². The van der Waals surface area contributed by atoms with Crippen LogP contribution in [0.3, 0.4) is 0 Å². The summed E-state index contributed by atoms with van der Waals surface area (Å²) in [6.07, 6.45) is 7.85. The summed E-state index contributed by atoms with van der Waals surface area (Å²) in [6.45, 7) is 21.1. The number of allylic oxidation sites excluding steroid dienone is 2. The summed E-state index contributed by atoms with van der Waals surface area (Å²) in [5.41, 5.74) is 11.8. The smallest absolute Gasteiger partial charge is 0.250 e. The van der Waals surface area contributed by atoms with Crippen molar-refractivity contribution in [1.82, 2.24) is 29.7 Å². The average molecular weight is 676 g/mol. The molecule has 0 aliphatic carbocycles. The summed E-state index contributed by atoms with van der Waals surface area (Å²) in [7, 11) is 7.36. The van der Waals surface area contributed by atoms with Crippen LogP contribution in [0.4, 0.5) is 28.6 Å². The van der Waals surface area contributed by atoms with Crippen LogP contribution in [0.1, 0.15) is 39.1 Å². The molecule has 50 heavy (non-hydrogen) atoms. The molecule has 13 heteroatoms. The number of anilines is 3. The topological polar surface area (TPSA) is 137 Å². The van der Waals surface area contributed by atoms with E-state index in [-0.39, 0.29) is 26.5 Å². The third kappa shape index (κ3) is 10.7. The molecular weight excluding hydrogens is 630 g/mol. The number of carbonyl (C=O) groups is 2. The standard InChI is InChI=1S/C17H15N5.C14H18N2O2.C4H4N4.2CH4/c1-12(2)21(4)14-7-5-6-13(10-14)16-8-9-19-17-15(18-3)11-20-22(16)17;1-11(17)16(4)13-7-5-6-12(10-13)14(18)8-9-15(2)3;1-6-3-2-7-8-4(3)5;;/h5-11H,1H2,2,4H3;5-10H,1-4H3;2H,(H3,5,7,8);2*1H4/b;9-8+;;;. The van der Waals surface area contributed by atoms with Gasteiger partial charge in [0.25, 0.3) is 0 Å². The molecule has 0 spiro atoms. The summed E-state index contributed by atoms with van der Waals surface area (Å²) >= 11 is 0. The fourth-order valence-corrected chi connectivity index (χ4v) is 4.01. The number of rotatable bonds is 7. The molecule has 0 saturated heterocycles. The molecule has 5 aromatic rings. The van der Waals surface area contributed by atoms with Gasteiger partial charge in [0, 0.05) is 81.8 Å². The fourth-order valence-electron chi connectivity index (χ4n) is 4.01. The number of nitrogen functional groups attached to an aromatic ring is 1. The number of nitrogens with one attached hydrogen (secondary N) is 1. The maximum atomic E-state index is 11.9. The van der Waals surface area contributed by atoms with Crippen molar-refractivity contribution in [3.05, 3.63) is 126 Å². The van der Waals surface area contributed by atoms with Gasteiger partial charge in [-0.1, -0.05) is 45.7 Å². The van der Waals surface area contributed by atoms with E-state index in [2.05, 4.69) is 42.6 Å². The van der Waals surface area contributed by atoms with Crippen molar-refractivity contribution in [2.24, 2.45) is 0 Å². The van der Waals surface area contributed by atoms with E-state index in [0.29, 0.717) is 34.1 Å². The number of aromatic amines is 1. The van der Waals surface area contributed by atoms with E-state index in [1.54, 1.807) is 59.3 Å². The van der Waals surface area contributed by atoms with Crippen LogP contribution >= 0.6 is 0 Å². The minimum atomic E-state index is -0.0810. The zero-order chi connectivity index (χ0) is 35.4. The molecule has 3 N–H and O–H groups in total. The summed E-state index contributed by atoms with van der Waals surface area (Å²) < 4.78 is 1.70. The molecule has 0 unspecified atom stereocenters. The van der Waals surface area contributed by atoms with Gasteiger partial charge in [-0.05, 0) is 37.3 Å². The minimum absolute atomic E-state index is 0. The van der Waals surface area contributed by atoms with Crippen LogP contribution < -0.4 is 15.5 Å². The van der Waals surface area contributed by atoms with Crippen LogP contribution in [-0.4, -0.2) is 69.6 Å². The Morgan fingerprint density at radius 2 is 1.56 bits per heavy atom. The van der Waals surface area contributed by atoms with Crippen molar-refractivity contribution >= 4 is 45.9 Å². The quantitative estimate of drug-likeness (QED) is 0.102. The molecule has 260 valence electrons. The van der Waals surface area contributed by atoms with E-state index in [1.165, 1.54) is 24.1 Å². The SMILES string of the molecule is C.C.CC(=O)N(C)c1cccc(C(=O)/C=C/N(C)C)c1.[C-]#[N+]c1cn[nH]c1N.[C-]#[N+]c1cnn2c(-c3cccc(N(C)C(=C)C)c3)ccnc12. The monoisotopic (exact) mass is 675 g/mol. The Bertz CT molecular complexity index is 2030. The van der Waals surface area contributed by atoms with Gasteiger partial charge >= 0.3 is 0 Å². The Morgan fingerprint density at radius 3 is 2.10 bits per heavy atom. The predicted octanol–water partition coefficient (Wildman–Crippen LogP) is 7.66. The summed E-state index contributed by atoms with van der Waals surface area (Å²) in [4.78, 5) is 39.2. The number of hydrogen-bond donors (Lipinski definition) is 2. The van der Waals surface area contributed by atoms with Crippen LogP contribution in [0.15, 0.2) is 97.7 Å². The second-order valence-corrected chi connectivity index (χ2v) is 10.6. The Morgan fingerprint density at radius 1 is 0.920 bits per heavy atom. The highest BCUT2D eigenvalue weighted by atomic mass is 16.2. The van der Waals surface area contributed by atoms with Crippen LogP contribution in [0.2, 0.25) is 0 Å². The van der Waals surface area contributed by atoms with E-state index < -0.39 is 0 Å². The van der Waals surface area contributed by atoms with Gasteiger partial charge in [0.1, 0.15) is 5.82 Å². The number of hydrogen-bond acceptors (Lipinski definition) is 8. The molecule has 0 radical (unpaired) electrons. The average Bonchev–Trinajstić information content (AvgIpc) is 3.72. The van der Waals surface area contributed by atoms with E-state index in [0.717, 1.165) is 22.6 Å². The van der Waals surface area contributed by atoms with Gasteiger partial charge in [0.2, 0.25) is 17.3 Å². The van der Waals surface area contributed by atoms with Crippen molar-refractivity contribution in [3.63, 3.8) is 0 Å². The largest absolute Gasteiger partial charge is 0.393 e. The van der Waals surface area contributed by atoms with Crippen molar-refractivity contribution in [1.29, 1.82) is 0 Å². The molecule has 0 atom stereocenters. The first-order valence-electron chi connectivity index (χ1n) is 14.5. The van der Waals surface area contributed by atoms with Crippen LogP contribution in [0.25, 0.3) is 26.6 Å². The fraction of sp³-hybridized carbons (Fsp3) is 0.216.